The van der Waals surface area contributed by atoms with E-state index in [0.29, 0.717) is 0 Å². The molecule has 0 aliphatic heterocycles. The van der Waals surface area contributed by atoms with Crippen LogP contribution in [-0.2, 0) is 0 Å². The number of benzene rings is 4. The maximum Gasteiger partial charge on any atom is 0.147 e. The van der Waals surface area contributed by atoms with Crippen molar-refractivity contribution in [3.05, 3.63) is 84.9 Å². The topological polar surface area (TPSA) is 26.3 Å². The van der Waals surface area contributed by atoms with Gasteiger partial charge in [0.2, 0.25) is 0 Å². The van der Waals surface area contributed by atoms with Crippen molar-refractivity contribution >= 4 is 43.7 Å². The van der Waals surface area contributed by atoms with Crippen LogP contribution in [0.2, 0.25) is 0 Å². The highest BCUT2D eigenvalue weighted by Gasteiger charge is 2.18. The highest BCUT2D eigenvalue weighted by Crippen LogP contribution is 2.42. The Balaban J connectivity index is 1.84. The summed E-state index contributed by atoms with van der Waals surface area (Å²) in [6.45, 7) is 0. The number of furan rings is 2. The highest BCUT2D eigenvalue weighted by molar-refractivity contribution is 6.18. The second-order valence-electron chi connectivity index (χ2n) is 6.60. The molecule has 0 unspecified atom stereocenters. The second-order valence-corrected chi connectivity index (χ2v) is 6.60. The van der Waals surface area contributed by atoms with E-state index in [1.54, 1.807) is 0 Å². The van der Waals surface area contributed by atoms with E-state index >= 15 is 0 Å². The minimum Gasteiger partial charge on any atom is -0.456 e. The molecule has 0 amide bonds. The summed E-state index contributed by atoms with van der Waals surface area (Å²) in [6.07, 6.45) is 0. The van der Waals surface area contributed by atoms with Crippen molar-refractivity contribution in [2.75, 3.05) is 0 Å². The van der Waals surface area contributed by atoms with Crippen LogP contribution < -0.4 is 0 Å². The minimum absolute atomic E-state index is 0.840. The van der Waals surface area contributed by atoms with E-state index in [1.165, 1.54) is 5.39 Å². The molecule has 0 bridgehead atoms. The Labute approximate surface area is 149 Å². The molecule has 0 radical (unpaired) electrons. The fourth-order valence-electron chi connectivity index (χ4n) is 3.87. The second kappa shape index (κ2) is 4.99. The lowest BCUT2D eigenvalue weighted by molar-refractivity contribution is 0.627. The van der Waals surface area contributed by atoms with Gasteiger partial charge in [-0.2, -0.15) is 0 Å². The van der Waals surface area contributed by atoms with Crippen LogP contribution in [0.15, 0.2) is 93.8 Å². The molecule has 0 saturated heterocycles. The summed E-state index contributed by atoms with van der Waals surface area (Å²) in [5, 5.41) is 5.67. The fraction of sp³-hybridized carbons (Fsp3) is 0. The number of rotatable bonds is 1. The van der Waals surface area contributed by atoms with Gasteiger partial charge in [0, 0.05) is 16.2 Å². The molecule has 0 aliphatic rings. The summed E-state index contributed by atoms with van der Waals surface area (Å²) in [5.41, 5.74) is 3.68. The van der Waals surface area contributed by atoms with Crippen LogP contribution in [-0.4, -0.2) is 0 Å². The molecule has 0 atom stereocenters. The van der Waals surface area contributed by atoms with Gasteiger partial charge in [-0.3, -0.25) is 0 Å². The molecule has 2 heterocycles. The van der Waals surface area contributed by atoms with Crippen molar-refractivity contribution in [2.24, 2.45) is 0 Å². The summed E-state index contributed by atoms with van der Waals surface area (Å²) in [5.74, 6) is 0.840. The first-order valence-corrected chi connectivity index (χ1v) is 8.70. The smallest absolute Gasteiger partial charge is 0.147 e. The number of fused-ring (bicyclic) bond motifs is 5. The number of hydrogen-bond acceptors (Lipinski definition) is 2. The molecule has 0 aliphatic carbocycles. The largest absolute Gasteiger partial charge is 0.456 e. The molecule has 2 heteroatoms. The van der Waals surface area contributed by atoms with Crippen molar-refractivity contribution in [2.45, 2.75) is 0 Å². The normalized spacial score (nSPS) is 11.8. The Bertz CT molecular complexity index is 1400. The minimum atomic E-state index is 0.840. The summed E-state index contributed by atoms with van der Waals surface area (Å²) >= 11 is 0. The predicted molar refractivity (Wildman–Crippen MR) is 106 cm³/mol. The summed E-state index contributed by atoms with van der Waals surface area (Å²) in [4.78, 5) is 0. The molecular weight excluding hydrogens is 320 g/mol. The third-order valence-corrected chi connectivity index (χ3v) is 5.06. The molecule has 0 saturated carbocycles. The standard InChI is InChI=1S/C24H14O2/c1-3-9-17-15(7-1)13-19-18-10-4-6-12-21(18)26-24(19)23(17)22-14-16-8-2-5-11-20(16)25-22/h1-14H. The van der Waals surface area contributed by atoms with Gasteiger partial charge in [-0.05, 0) is 35.0 Å². The average Bonchev–Trinajstić information content (AvgIpc) is 3.27. The Hall–Kier alpha value is -3.52. The van der Waals surface area contributed by atoms with Crippen LogP contribution in [0.5, 0.6) is 0 Å². The fourth-order valence-corrected chi connectivity index (χ4v) is 3.87. The number of para-hydroxylation sites is 2. The van der Waals surface area contributed by atoms with E-state index < -0.39 is 0 Å². The first kappa shape index (κ1) is 13.7. The molecular formula is C24H14O2. The van der Waals surface area contributed by atoms with Crippen LogP contribution in [0.1, 0.15) is 0 Å². The van der Waals surface area contributed by atoms with Gasteiger partial charge in [-0.25, -0.2) is 0 Å². The van der Waals surface area contributed by atoms with Gasteiger partial charge in [-0.1, -0.05) is 60.7 Å². The van der Waals surface area contributed by atoms with Crippen LogP contribution in [0.3, 0.4) is 0 Å². The van der Waals surface area contributed by atoms with Crippen molar-refractivity contribution in [3.63, 3.8) is 0 Å². The van der Waals surface area contributed by atoms with Crippen molar-refractivity contribution in [1.82, 2.24) is 0 Å². The van der Waals surface area contributed by atoms with Gasteiger partial charge < -0.3 is 8.83 Å². The Kier molecular flexibility index (Phi) is 2.64. The van der Waals surface area contributed by atoms with Crippen molar-refractivity contribution in [1.29, 1.82) is 0 Å². The molecule has 6 aromatic rings. The molecule has 4 aromatic carbocycles. The van der Waals surface area contributed by atoms with E-state index in [2.05, 4.69) is 48.5 Å². The lowest BCUT2D eigenvalue weighted by Crippen LogP contribution is -1.81. The first-order valence-electron chi connectivity index (χ1n) is 8.70. The van der Waals surface area contributed by atoms with Gasteiger partial charge in [0.05, 0.1) is 5.56 Å². The van der Waals surface area contributed by atoms with Gasteiger partial charge in [0.15, 0.2) is 0 Å². The van der Waals surface area contributed by atoms with Crippen LogP contribution in [0.4, 0.5) is 0 Å². The van der Waals surface area contributed by atoms with E-state index in [1.807, 2.05) is 36.4 Å². The number of hydrogen-bond donors (Lipinski definition) is 0. The van der Waals surface area contributed by atoms with Crippen molar-refractivity contribution < 1.29 is 8.83 Å². The predicted octanol–water partition coefficient (Wildman–Crippen LogP) is 7.15. The molecule has 0 spiro atoms. The first-order chi connectivity index (χ1) is 12.9. The summed E-state index contributed by atoms with van der Waals surface area (Å²) in [7, 11) is 0. The van der Waals surface area contributed by atoms with E-state index in [9.17, 15) is 0 Å². The molecule has 2 aromatic heterocycles. The van der Waals surface area contributed by atoms with Crippen molar-refractivity contribution in [3.8, 4) is 11.3 Å². The molecule has 26 heavy (non-hydrogen) atoms. The van der Waals surface area contributed by atoms with Gasteiger partial charge >= 0.3 is 0 Å². The zero-order valence-electron chi connectivity index (χ0n) is 13.9. The molecule has 6 rings (SSSR count). The van der Waals surface area contributed by atoms with Gasteiger partial charge in [0.25, 0.3) is 0 Å². The van der Waals surface area contributed by atoms with E-state index in [4.69, 9.17) is 8.83 Å². The van der Waals surface area contributed by atoms with Gasteiger partial charge in [0.1, 0.15) is 22.5 Å². The van der Waals surface area contributed by atoms with Crippen LogP contribution >= 0.6 is 0 Å². The third-order valence-electron chi connectivity index (χ3n) is 5.06. The summed E-state index contributed by atoms with van der Waals surface area (Å²) < 4.78 is 12.5. The third kappa shape index (κ3) is 1.81. The summed E-state index contributed by atoms with van der Waals surface area (Å²) in [6, 6.07) is 29.0. The quantitative estimate of drug-likeness (QED) is 0.319. The lowest BCUT2D eigenvalue weighted by Gasteiger charge is -2.05. The molecule has 0 N–H and O–H groups in total. The van der Waals surface area contributed by atoms with E-state index in [-0.39, 0.29) is 0 Å². The highest BCUT2D eigenvalue weighted by atomic mass is 16.3. The maximum atomic E-state index is 6.28. The average molecular weight is 334 g/mol. The molecule has 122 valence electrons. The maximum absolute atomic E-state index is 6.28. The van der Waals surface area contributed by atoms with Crippen LogP contribution in [0.25, 0.3) is 55.0 Å². The van der Waals surface area contributed by atoms with Gasteiger partial charge in [-0.15, -0.1) is 0 Å². The van der Waals surface area contributed by atoms with Crippen LogP contribution in [0, 0.1) is 0 Å². The zero-order chi connectivity index (χ0) is 17.1. The monoisotopic (exact) mass is 334 g/mol. The molecule has 2 nitrogen and oxygen atoms in total. The Morgan fingerprint density at radius 1 is 0.500 bits per heavy atom. The zero-order valence-corrected chi connectivity index (χ0v) is 13.9. The Morgan fingerprint density at radius 2 is 1.19 bits per heavy atom. The SMILES string of the molecule is c1ccc2oc(-c3c4ccccc4cc4c3oc3ccccc34)cc2c1. The lowest BCUT2D eigenvalue weighted by atomic mass is 9.98. The van der Waals surface area contributed by atoms with E-state index in [0.717, 1.165) is 49.6 Å². The Morgan fingerprint density at radius 3 is 2.04 bits per heavy atom. The molecule has 0 fully saturated rings.